The number of carbonyl (C=O) groups is 1. The second-order valence-corrected chi connectivity index (χ2v) is 4.11. The third kappa shape index (κ3) is 3.40. The van der Waals surface area contributed by atoms with Crippen LogP contribution < -0.4 is 10.6 Å². The van der Waals surface area contributed by atoms with Crippen molar-refractivity contribution in [3.05, 3.63) is 35.4 Å². The van der Waals surface area contributed by atoms with E-state index in [9.17, 15) is 13.6 Å². The summed E-state index contributed by atoms with van der Waals surface area (Å²) in [4.78, 5) is 11.7. The fourth-order valence-corrected chi connectivity index (χ4v) is 1.95. The summed E-state index contributed by atoms with van der Waals surface area (Å²) in [6.07, 6.45) is 1.78. The molecule has 18 heavy (non-hydrogen) atoms. The van der Waals surface area contributed by atoms with Crippen molar-refractivity contribution in [2.45, 2.75) is 18.9 Å². The summed E-state index contributed by atoms with van der Waals surface area (Å²) in [6, 6.07) is 3.34. The molecule has 1 saturated heterocycles. The van der Waals surface area contributed by atoms with E-state index in [4.69, 9.17) is 0 Å². The van der Waals surface area contributed by atoms with Gasteiger partial charge in [-0.2, -0.15) is 0 Å². The second kappa shape index (κ2) is 6.66. The highest BCUT2D eigenvalue weighted by Crippen LogP contribution is 2.12. The summed E-state index contributed by atoms with van der Waals surface area (Å²) in [6.45, 7) is 1.56. The van der Waals surface area contributed by atoms with Gasteiger partial charge in [0.05, 0.1) is 0 Å². The van der Waals surface area contributed by atoms with Gasteiger partial charge in [0.1, 0.15) is 17.2 Å². The number of carbonyl (C=O) groups excluding carboxylic acids is 1. The van der Waals surface area contributed by atoms with Crippen molar-refractivity contribution >= 4 is 18.3 Å². The lowest BCUT2D eigenvalue weighted by Crippen LogP contribution is -2.46. The molecule has 0 unspecified atom stereocenters. The van der Waals surface area contributed by atoms with Crippen molar-refractivity contribution in [1.82, 2.24) is 10.6 Å². The van der Waals surface area contributed by atoms with Crippen LogP contribution in [-0.2, 0) is 0 Å². The minimum absolute atomic E-state index is 0. The van der Waals surface area contributed by atoms with Gasteiger partial charge in [-0.05, 0) is 31.5 Å². The first-order valence-corrected chi connectivity index (χ1v) is 5.64. The van der Waals surface area contributed by atoms with Gasteiger partial charge in [0, 0.05) is 12.6 Å². The van der Waals surface area contributed by atoms with E-state index in [-0.39, 0.29) is 18.4 Å². The van der Waals surface area contributed by atoms with Crippen molar-refractivity contribution in [2.75, 3.05) is 13.1 Å². The fraction of sp³-hybridized carbons (Fsp3) is 0.417. The Morgan fingerprint density at radius 2 is 2.00 bits per heavy atom. The summed E-state index contributed by atoms with van der Waals surface area (Å²) in [7, 11) is 0. The Kier molecular flexibility index (Phi) is 5.50. The molecule has 3 nitrogen and oxygen atoms in total. The van der Waals surface area contributed by atoms with E-state index in [1.807, 2.05) is 0 Å². The number of halogens is 3. The third-order valence-corrected chi connectivity index (χ3v) is 2.82. The van der Waals surface area contributed by atoms with Crippen molar-refractivity contribution in [1.29, 1.82) is 0 Å². The monoisotopic (exact) mass is 276 g/mol. The molecule has 1 aliphatic rings. The van der Waals surface area contributed by atoms with E-state index in [2.05, 4.69) is 10.6 Å². The van der Waals surface area contributed by atoms with Crippen LogP contribution in [0.1, 0.15) is 23.2 Å². The third-order valence-electron chi connectivity index (χ3n) is 2.82. The number of hydrogen-bond acceptors (Lipinski definition) is 2. The van der Waals surface area contributed by atoms with E-state index in [0.717, 1.165) is 31.5 Å². The number of benzene rings is 1. The number of nitrogens with one attached hydrogen (secondary N) is 2. The lowest BCUT2D eigenvalue weighted by Gasteiger charge is -2.23. The molecule has 0 bridgehead atoms. The normalized spacial score (nSPS) is 18.9. The first kappa shape index (κ1) is 14.9. The fourth-order valence-electron chi connectivity index (χ4n) is 1.95. The van der Waals surface area contributed by atoms with Gasteiger partial charge in [-0.25, -0.2) is 8.78 Å². The van der Waals surface area contributed by atoms with Crippen molar-refractivity contribution in [3.8, 4) is 0 Å². The summed E-state index contributed by atoms with van der Waals surface area (Å²) < 4.78 is 26.7. The predicted octanol–water partition coefficient (Wildman–Crippen LogP) is 1.87. The van der Waals surface area contributed by atoms with E-state index < -0.39 is 23.1 Å². The Bertz CT molecular complexity index is 402. The highest BCUT2D eigenvalue weighted by Gasteiger charge is 2.21. The van der Waals surface area contributed by atoms with Crippen LogP contribution >= 0.6 is 12.4 Å². The average molecular weight is 277 g/mol. The molecule has 1 aromatic rings. The van der Waals surface area contributed by atoms with Gasteiger partial charge in [-0.3, -0.25) is 4.79 Å². The maximum atomic E-state index is 13.3. The Labute approximate surface area is 110 Å². The van der Waals surface area contributed by atoms with Crippen LogP contribution in [0.2, 0.25) is 0 Å². The van der Waals surface area contributed by atoms with Gasteiger partial charge in [-0.1, -0.05) is 6.07 Å². The molecule has 1 amide bonds. The number of rotatable bonds is 2. The highest BCUT2D eigenvalue weighted by atomic mass is 35.5. The minimum atomic E-state index is -0.828. The molecule has 2 rings (SSSR count). The Balaban J connectivity index is 0.00000162. The molecule has 1 fully saturated rings. The molecular formula is C12H15ClF2N2O. The van der Waals surface area contributed by atoms with Gasteiger partial charge in [-0.15, -0.1) is 12.4 Å². The SMILES string of the molecule is Cl.O=C(N[C@@H]1CCCNC1)c1c(F)cccc1F. The summed E-state index contributed by atoms with van der Waals surface area (Å²) in [5, 5.41) is 5.75. The van der Waals surface area contributed by atoms with Gasteiger partial charge in [0.2, 0.25) is 0 Å². The molecule has 1 atom stereocenters. The van der Waals surface area contributed by atoms with Gasteiger partial charge >= 0.3 is 0 Å². The van der Waals surface area contributed by atoms with E-state index in [1.165, 1.54) is 6.07 Å². The zero-order valence-corrected chi connectivity index (χ0v) is 10.5. The van der Waals surface area contributed by atoms with Gasteiger partial charge in [0.25, 0.3) is 5.91 Å². The van der Waals surface area contributed by atoms with Crippen LogP contribution in [0.25, 0.3) is 0 Å². The molecule has 100 valence electrons. The van der Waals surface area contributed by atoms with Crippen LogP contribution in [0.4, 0.5) is 8.78 Å². The molecule has 1 aromatic carbocycles. The predicted molar refractivity (Wildman–Crippen MR) is 67.0 cm³/mol. The first-order valence-electron chi connectivity index (χ1n) is 5.64. The molecule has 1 aliphatic heterocycles. The zero-order chi connectivity index (χ0) is 12.3. The van der Waals surface area contributed by atoms with Crippen LogP contribution in [0.15, 0.2) is 18.2 Å². The van der Waals surface area contributed by atoms with Gasteiger partial charge in [0.15, 0.2) is 0 Å². The minimum Gasteiger partial charge on any atom is -0.348 e. The lowest BCUT2D eigenvalue weighted by molar-refractivity contribution is 0.0922. The van der Waals surface area contributed by atoms with E-state index in [0.29, 0.717) is 6.54 Å². The molecule has 0 spiro atoms. The summed E-state index contributed by atoms with van der Waals surface area (Å²) in [5.41, 5.74) is -0.502. The maximum absolute atomic E-state index is 13.3. The smallest absolute Gasteiger partial charge is 0.257 e. The standard InChI is InChI=1S/C12H14F2N2O.ClH/c13-9-4-1-5-10(14)11(9)12(17)16-8-3-2-6-15-7-8;/h1,4-5,8,15H,2-3,6-7H2,(H,16,17);1H/t8-;/m1./s1. The molecule has 0 saturated carbocycles. The second-order valence-electron chi connectivity index (χ2n) is 4.11. The van der Waals surface area contributed by atoms with E-state index in [1.54, 1.807) is 0 Å². The summed E-state index contributed by atoms with van der Waals surface area (Å²) >= 11 is 0. The van der Waals surface area contributed by atoms with E-state index >= 15 is 0 Å². The van der Waals surface area contributed by atoms with Crippen molar-refractivity contribution < 1.29 is 13.6 Å². The molecular weight excluding hydrogens is 262 g/mol. The van der Waals surface area contributed by atoms with Gasteiger partial charge < -0.3 is 10.6 Å². The van der Waals surface area contributed by atoms with Crippen LogP contribution in [0, 0.1) is 11.6 Å². The molecule has 6 heteroatoms. The molecule has 0 aliphatic carbocycles. The Hall–Kier alpha value is -1.20. The van der Waals surface area contributed by atoms with Crippen LogP contribution in [-0.4, -0.2) is 25.0 Å². The lowest BCUT2D eigenvalue weighted by atomic mass is 10.1. The number of hydrogen-bond donors (Lipinski definition) is 2. The highest BCUT2D eigenvalue weighted by molar-refractivity contribution is 5.94. The van der Waals surface area contributed by atoms with Crippen LogP contribution in [0.5, 0.6) is 0 Å². The largest absolute Gasteiger partial charge is 0.348 e. The average Bonchev–Trinajstić information content (AvgIpc) is 2.30. The topological polar surface area (TPSA) is 41.1 Å². The summed E-state index contributed by atoms with van der Waals surface area (Å²) in [5.74, 6) is -2.34. The molecule has 2 N–H and O–H groups in total. The van der Waals surface area contributed by atoms with Crippen molar-refractivity contribution in [3.63, 3.8) is 0 Å². The quantitative estimate of drug-likeness (QED) is 0.866. The molecule has 0 aromatic heterocycles. The molecule has 0 radical (unpaired) electrons. The van der Waals surface area contributed by atoms with Crippen molar-refractivity contribution in [2.24, 2.45) is 0 Å². The Morgan fingerprint density at radius 1 is 1.33 bits per heavy atom. The molecule has 1 heterocycles. The maximum Gasteiger partial charge on any atom is 0.257 e. The number of piperidine rings is 1. The first-order chi connectivity index (χ1) is 8.18. The zero-order valence-electron chi connectivity index (χ0n) is 9.71. The number of amides is 1. The Morgan fingerprint density at radius 3 is 2.56 bits per heavy atom. The van der Waals surface area contributed by atoms with Crippen LogP contribution in [0.3, 0.4) is 0 Å².